The van der Waals surface area contributed by atoms with Crippen LogP contribution in [0.4, 0.5) is 0 Å². The molecule has 1 heterocycles. The number of aliphatic hydroxyl groups excluding tert-OH is 1. The maximum atomic E-state index is 9.80. The molecule has 16 heavy (non-hydrogen) atoms. The van der Waals surface area contributed by atoms with Crippen LogP contribution in [0.2, 0.25) is 0 Å². The Hall–Kier alpha value is -0.940. The molecular formula is C11H20N4O. The second kappa shape index (κ2) is 5.41. The molecule has 0 saturated heterocycles. The molecule has 1 aliphatic carbocycles. The van der Waals surface area contributed by atoms with Crippen molar-refractivity contribution in [1.29, 1.82) is 0 Å². The summed E-state index contributed by atoms with van der Waals surface area (Å²) < 4.78 is 1.70. The predicted octanol–water partition coefficient (Wildman–Crippen LogP) is 0.456. The zero-order valence-corrected chi connectivity index (χ0v) is 9.76. The van der Waals surface area contributed by atoms with Gasteiger partial charge in [-0.15, -0.1) is 5.10 Å². The van der Waals surface area contributed by atoms with Crippen LogP contribution < -0.4 is 5.32 Å². The van der Waals surface area contributed by atoms with Gasteiger partial charge in [-0.05, 0) is 18.8 Å². The van der Waals surface area contributed by atoms with Crippen LogP contribution in [-0.2, 0) is 13.6 Å². The van der Waals surface area contributed by atoms with Gasteiger partial charge >= 0.3 is 0 Å². The number of nitrogens with zero attached hydrogens (tertiary/aromatic N) is 3. The van der Waals surface area contributed by atoms with Gasteiger partial charge < -0.3 is 10.4 Å². The van der Waals surface area contributed by atoms with Crippen LogP contribution in [0.25, 0.3) is 0 Å². The Morgan fingerprint density at radius 3 is 3.00 bits per heavy atom. The van der Waals surface area contributed by atoms with Crippen LogP contribution in [0, 0.1) is 5.92 Å². The van der Waals surface area contributed by atoms with E-state index < -0.39 is 0 Å². The maximum Gasteiger partial charge on any atom is 0.0964 e. The summed E-state index contributed by atoms with van der Waals surface area (Å²) >= 11 is 0. The van der Waals surface area contributed by atoms with Crippen LogP contribution in [0.3, 0.4) is 0 Å². The summed E-state index contributed by atoms with van der Waals surface area (Å²) in [4.78, 5) is 0. The molecule has 0 bridgehead atoms. The fourth-order valence-corrected chi connectivity index (χ4v) is 2.29. The van der Waals surface area contributed by atoms with E-state index >= 15 is 0 Å². The van der Waals surface area contributed by atoms with E-state index in [0.29, 0.717) is 5.92 Å². The van der Waals surface area contributed by atoms with Crippen LogP contribution in [-0.4, -0.2) is 32.7 Å². The molecule has 90 valence electrons. The fourth-order valence-electron chi connectivity index (χ4n) is 2.29. The minimum Gasteiger partial charge on any atom is -0.393 e. The number of hydrogen-bond donors (Lipinski definition) is 2. The predicted molar refractivity (Wildman–Crippen MR) is 60.7 cm³/mol. The third-order valence-corrected chi connectivity index (χ3v) is 3.23. The third-order valence-electron chi connectivity index (χ3n) is 3.23. The molecule has 5 heteroatoms. The average Bonchev–Trinajstić information content (AvgIpc) is 2.67. The monoisotopic (exact) mass is 224 g/mol. The summed E-state index contributed by atoms with van der Waals surface area (Å²) in [6, 6.07) is 0. The van der Waals surface area contributed by atoms with Gasteiger partial charge in [0.2, 0.25) is 0 Å². The Bertz CT molecular complexity index is 326. The highest BCUT2D eigenvalue weighted by Crippen LogP contribution is 2.23. The first-order valence-corrected chi connectivity index (χ1v) is 5.99. The molecule has 0 spiro atoms. The molecule has 1 aromatic rings. The number of aromatic nitrogens is 3. The van der Waals surface area contributed by atoms with Crippen molar-refractivity contribution in [2.45, 2.75) is 38.3 Å². The number of rotatable bonds is 4. The lowest BCUT2D eigenvalue weighted by atomic mass is 9.86. The second-order valence-corrected chi connectivity index (χ2v) is 4.63. The number of aliphatic hydroxyl groups is 1. The van der Waals surface area contributed by atoms with Gasteiger partial charge in [0.15, 0.2) is 0 Å². The van der Waals surface area contributed by atoms with Gasteiger partial charge in [0.25, 0.3) is 0 Å². The minimum atomic E-state index is -0.122. The van der Waals surface area contributed by atoms with Crippen molar-refractivity contribution < 1.29 is 5.11 Å². The molecule has 1 saturated carbocycles. The summed E-state index contributed by atoms with van der Waals surface area (Å²) in [7, 11) is 1.86. The van der Waals surface area contributed by atoms with Gasteiger partial charge in [0.05, 0.1) is 11.8 Å². The first kappa shape index (κ1) is 11.5. The van der Waals surface area contributed by atoms with E-state index in [4.69, 9.17) is 0 Å². The lowest BCUT2D eigenvalue weighted by molar-refractivity contribution is 0.0694. The molecule has 5 nitrogen and oxygen atoms in total. The van der Waals surface area contributed by atoms with E-state index in [9.17, 15) is 5.11 Å². The molecule has 2 N–H and O–H groups in total. The lowest BCUT2D eigenvalue weighted by Crippen LogP contribution is -2.33. The Morgan fingerprint density at radius 1 is 1.50 bits per heavy atom. The average molecular weight is 224 g/mol. The van der Waals surface area contributed by atoms with E-state index in [-0.39, 0.29) is 6.10 Å². The Kier molecular flexibility index (Phi) is 3.90. The van der Waals surface area contributed by atoms with Crippen molar-refractivity contribution in [3.8, 4) is 0 Å². The zero-order chi connectivity index (χ0) is 11.4. The normalized spacial score (nSPS) is 25.9. The largest absolute Gasteiger partial charge is 0.393 e. The standard InChI is InChI=1S/C11H20N4O/c1-15-8-10(13-14-15)7-12-6-9-4-2-3-5-11(9)16/h8-9,11-12,16H,2-7H2,1H3. The van der Waals surface area contributed by atoms with Gasteiger partial charge in [0.1, 0.15) is 0 Å². The topological polar surface area (TPSA) is 63.0 Å². The van der Waals surface area contributed by atoms with E-state index in [1.54, 1.807) is 4.68 Å². The third kappa shape index (κ3) is 3.02. The first-order chi connectivity index (χ1) is 7.75. The summed E-state index contributed by atoms with van der Waals surface area (Å²) in [5.74, 6) is 0.408. The molecule has 2 atom stereocenters. The molecule has 2 unspecified atom stereocenters. The van der Waals surface area contributed by atoms with E-state index in [2.05, 4.69) is 15.6 Å². The summed E-state index contributed by atoms with van der Waals surface area (Å²) in [6.45, 7) is 1.61. The molecule has 2 rings (SSSR count). The van der Waals surface area contributed by atoms with Gasteiger partial charge in [-0.2, -0.15) is 0 Å². The Labute approximate surface area is 95.8 Å². The van der Waals surface area contributed by atoms with E-state index in [1.807, 2.05) is 13.2 Å². The highest BCUT2D eigenvalue weighted by atomic mass is 16.3. The smallest absolute Gasteiger partial charge is 0.0964 e. The molecule has 0 radical (unpaired) electrons. The van der Waals surface area contributed by atoms with Crippen LogP contribution >= 0.6 is 0 Å². The zero-order valence-electron chi connectivity index (χ0n) is 9.76. The van der Waals surface area contributed by atoms with Crippen LogP contribution in [0.1, 0.15) is 31.4 Å². The Morgan fingerprint density at radius 2 is 2.31 bits per heavy atom. The molecule has 1 aromatic heterocycles. The van der Waals surface area contributed by atoms with Crippen molar-refractivity contribution in [1.82, 2.24) is 20.3 Å². The van der Waals surface area contributed by atoms with Gasteiger partial charge in [-0.25, -0.2) is 0 Å². The summed E-state index contributed by atoms with van der Waals surface area (Å²) in [6.07, 6.45) is 6.29. The van der Waals surface area contributed by atoms with Crippen molar-refractivity contribution in [3.05, 3.63) is 11.9 Å². The lowest BCUT2D eigenvalue weighted by Gasteiger charge is -2.27. The second-order valence-electron chi connectivity index (χ2n) is 4.63. The number of hydrogen-bond acceptors (Lipinski definition) is 4. The van der Waals surface area contributed by atoms with Crippen molar-refractivity contribution in [2.24, 2.45) is 13.0 Å². The van der Waals surface area contributed by atoms with E-state index in [0.717, 1.165) is 31.6 Å². The fraction of sp³-hybridized carbons (Fsp3) is 0.818. The first-order valence-electron chi connectivity index (χ1n) is 5.99. The van der Waals surface area contributed by atoms with Crippen molar-refractivity contribution >= 4 is 0 Å². The number of aryl methyl sites for hydroxylation is 1. The molecule has 0 amide bonds. The Balaban J connectivity index is 1.71. The SMILES string of the molecule is Cn1cc(CNCC2CCCCC2O)nn1. The minimum absolute atomic E-state index is 0.122. The molecule has 1 aliphatic rings. The van der Waals surface area contributed by atoms with Crippen LogP contribution in [0.5, 0.6) is 0 Å². The molecule has 1 fully saturated rings. The summed E-state index contributed by atoms with van der Waals surface area (Å²) in [5, 5.41) is 21.0. The van der Waals surface area contributed by atoms with Crippen LogP contribution in [0.15, 0.2) is 6.20 Å². The van der Waals surface area contributed by atoms with Crippen molar-refractivity contribution in [2.75, 3.05) is 6.54 Å². The number of nitrogens with one attached hydrogen (secondary N) is 1. The van der Waals surface area contributed by atoms with Crippen molar-refractivity contribution in [3.63, 3.8) is 0 Å². The molecular weight excluding hydrogens is 204 g/mol. The van der Waals surface area contributed by atoms with Gasteiger partial charge in [0, 0.05) is 26.3 Å². The quantitative estimate of drug-likeness (QED) is 0.779. The van der Waals surface area contributed by atoms with Gasteiger partial charge in [-0.3, -0.25) is 4.68 Å². The highest BCUT2D eigenvalue weighted by molar-refractivity contribution is 4.91. The summed E-state index contributed by atoms with van der Waals surface area (Å²) in [5.41, 5.74) is 0.952. The van der Waals surface area contributed by atoms with E-state index in [1.165, 1.54) is 12.8 Å². The molecule has 0 aromatic carbocycles. The van der Waals surface area contributed by atoms with Gasteiger partial charge in [-0.1, -0.05) is 18.1 Å². The molecule has 0 aliphatic heterocycles. The highest BCUT2D eigenvalue weighted by Gasteiger charge is 2.22. The maximum absolute atomic E-state index is 9.80.